The summed E-state index contributed by atoms with van der Waals surface area (Å²) in [5, 5.41) is 30.4. The van der Waals surface area contributed by atoms with Crippen molar-refractivity contribution in [3.63, 3.8) is 0 Å². The molecule has 0 amide bonds. The summed E-state index contributed by atoms with van der Waals surface area (Å²) in [6, 6.07) is 0. The van der Waals surface area contributed by atoms with Crippen LogP contribution in [0.15, 0.2) is 23.8 Å². The number of cyclic esters (lactones) is 1. The zero-order valence-electron chi connectivity index (χ0n) is 15.2. The van der Waals surface area contributed by atoms with E-state index < -0.39 is 23.6 Å². The third kappa shape index (κ3) is 2.86. The van der Waals surface area contributed by atoms with E-state index in [-0.39, 0.29) is 30.5 Å². The Kier molecular flexibility index (Phi) is 4.86. The van der Waals surface area contributed by atoms with E-state index >= 15 is 0 Å². The number of hydrogen-bond donors (Lipinski definition) is 3. The highest BCUT2D eigenvalue weighted by Gasteiger charge is 2.57. The number of fused-ring (bicyclic) bond motifs is 1. The molecule has 1 aliphatic heterocycles. The molecule has 0 aromatic carbocycles. The summed E-state index contributed by atoms with van der Waals surface area (Å²) >= 11 is 0. The molecular weight excluding hydrogens is 320 g/mol. The van der Waals surface area contributed by atoms with Crippen molar-refractivity contribution >= 4 is 5.97 Å². The van der Waals surface area contributed by atoms with Crippen molar-refractivity contribution in [2.45, 2.75) is 58.2 Å². The Bertz CT molecular complexity index is 597. The van der Waals surface area contributed by atoms with Gasteiger partial charge in [0.2, 0.25) is 0 Å². The minimum Gasteiger partial charge on any atom is -0.459 e. The molecule has 3 aliphatic rings. The summed E-state index contributed by atoms with van der Waals surface area (Å²) in [4.78, 5) is 11.8. The van der Waals surface area contributed by atoms with Gasteiger partial charge in [-0.3, -0.25) is 0 Å². The van der Waals surface area contributed by atoms with Crippen LogP contribution < -0.4 is 0 Å². The Labute approximate surface area is 149 Å². The number of carbonyl (C=O) groups is 1. The van der Waals surface area contributed by atoms with Gasteiger partial charge in [-0.25, -0.2) is 4.79 Å². The zero-order valence-corrected chi connectivity index (χ0v) is 15.2. The zero-order chi connectivity index (χ0) is 18.4. The van der Waals surface area contributed by atoms with Gasteiger partial charge in [-0.1, -0.05) is 32.1 Å². The van der Waals surface area contributed by atoms with Crippen LogP contribution in [0.1, 0.15) is 46.0 Å². The Hall–Kier alpha value is -1.17. The molecule has 5 nitrogen and oxygen atoms in total. The summed E-state index contributed by atoms with van der Waals surface area (Å²) in [6.07, 6.45) is 4.42. The average Bonchev–Trinajstić information content (AvgIpc) is 2.89. The van der Waals surface area contributed by atoms with E-state index in [2.05, 4.69) is 13.5 Å². The van der Waals surface area contributed by atoms with Crippen LogP contribution in [0.2, 0.25) is 0 Å². The summed E-state index contributed by atoms with van der Waals surface area (Å²) in [5.41, 5.74) is 0.911. The molecule has 3 fully saturated rings. The third-order valence-corrected chi connectivity index (χ3v) is 7.23. The van der Waals surface area contributed by atoms with Crippen LogP contribution in [-0.4, -0.2) is 46.7 Å². The number of aliphatic hydroxyl groups is 3. The molecule has 3 N–H and O–H groups in total. The van der Waals surface area contributed by atoms with Crippen molar-refractivity contribution in [3.05, 3.63) is 23.8 Å². The summed E-state index contributed by atoms with van der Waals surface area (Å²) in [6.45, 7) is 8.50. The molecule has 3 rings (SSSR count). The maximum Gasteiger partial charge on any atom is 0.336 e. The predicted octanol–water partition coefficient (Wildman–Crippen LogP) is 1.96. The molecule has 0 radical (unpaired) electrons. The lowest BCUT2D eigenvalue weighted by Crippen LogP contribution is -2.57. The van der Waals surface area contributed by atoms with Gasteiger partial charge in [0.25, 0.3) is 0 Å². The fourth-order valence-electron chi connectivity index (χ4n) is 5.56. The van der Waals surface area contributed by atoms with E-state index in [1.807, 2.05) is 13.0 Å². The van der Waals surface area contributed by atoms with Crippen molar-refractivity contribution in [3.8, 4) is 0 Å². The van der Waals surface area contributed by atoms with Gasteiger partial charge in [0, 0.05) is 5.41 Å². The highest BCUT2D eigenvalue weighted by atomic mass is 16.6. The van der Waals surface area contributed by atoms with E-state index in [4.69, 9.17) is 4.74 Å². The first kappa shape index (κ1) is 18.6. The van der Waals surface area contributed by atoms with E-state index in [0.717, 1.165) is 24.8 Å². The first-order valence-electron chi connectivity index (χ1n) is 9.26. The van der Waals surface area contributed by atoms with Crippen LogP contribution in [0.5, 0.6) is 0 Å². The molecule has 4 unspecified atom stereocenters. The van der Waals surface area contributed by atoms with Crippen molar-refractivity contribution in [2.24, 2.45) is 22.7 Å². The number of hydrogen-bond acceptors (Lipinski definition) is 5. The van der Waals surface area contributed by atoms with E-state index in [1.165, 1.54) is 0 Å². The monoisotopic (exact) mass is 350 g/mol. The van der Waals surface area contributed by atoms with Gasteiger partial charge in [0.05, 0.1) is 18.3 Å². The lowest BCUT2D eigenvalue weighted by Gasteiger charge is -2.59. The molecule has 6 atom stereocenters. The van der Waals surface area contributed by atoms with Gasteiger partial charge in [-0.2, -0.15) is 0 Å². The lowest BCUT2D eigenvalue weighted by atomic mass is 9.46. The average molecular weight is 350 g/mol. The second-order valence-electron chi connectivity index (χ2n) is 8.54. The second-order valence-corrected chi connectivity index (χ2v) is 8.54. The molecule has 0 bridgehead atoms. The number of esters is 1. The molecule has 2 aliphatic carbocycles. The molecule has 5 heteroatoms. The molecule has 1 heterocycles. The highest BCUT2D eigenvalue weighted by Crippen LogP contribution is 2.61. The quantitative estimate of drug-likeness (QED) is 0.411. The number of ether oxygens (including phenoxy) is 1. The van der Waals surface area contributed by atoms with Gasteiger partial charge in [0.1, 0.15) is 12.7 Å². The third-order valence-electron chi connectivity index (χ3n) is 7.23. The minimum absolute atomic E-state index is 0.0280. The van der Waals surface area contributed by atoms with Crippen molar-refractivity contribution < 1.29 is 24.9 Å². The highest BCUT2D eigenvalue weighted by molar-refractivity contribution is 5.91. The van der Waals surface area contributed by atoms with E-state index in [0.29, 0.717) is 18.4 Å². The van der Waals surface area contributed by atoms with Crippen LogP contribution in [0.25, 0.3) is 0 Å². The number of allylic oxidation sites excluding steroid dienone is 2. The van der Waals surface area contributed by atoms with Crippen LogP contribution in [0, 0.1) is 22.7 Å². The van der Waals surface area contributed by atoms with Crippen LogP contribution in [0.3, 0.4) is 0 Å². The fourth-order valence-corrected chi connectivity index (χ4v) is 5.56. The van der Waals surface area contributed by atoms with Crippen LogP contribution in [-0.2, 0) is 9.53 Å². The van der Waals surface area contributed by atoms with Crippen LogP contribution in [0.4, 0.5) is 0 Å². The van der Waals surface area contributed by atoms with Gasteiger partial charge in [-0.05, 0) is 49.4 Å². The maximum atomic E-state index is 11.8. The van der Waals surface area contributed by atoms with Gasteiger partial charge < -0.3 is 20.1 Å². The topological polar surface area (TPSA) is 87.0 Å². The predicted molar refractivity (Wildman–Crippen MR) is 93.6 cm³/mol. The fraction of sp³-hybridized carbons (Fsp3) is 0.750. The van der Waals surface area contributed by atoms with Gasteiger partial charge in [0.15, 0.2) is 0 Å². The number of carbonyl (C=O) groups excluding carboxylic acids is 1. The SMILES string of the molecule is C=C1CCC2[C@](C)(CO)C(O)CC[C@]2(C)C1CC=C1C(=O)OCC1O. The first-order chi connectivity index (χ1) is 11.7. The Morgan fingerprint density at radius 3 is 2.64 bits per heavy atom. The van der Waals surface area contributed by atoms with E-state index in [1.54, 1.807) is 0 Å². The molecular formula is C20H30O5. The lowest BCUT2D eigenvalue weighted by molar-refractivity contribution is -0.151. The van der Waals surface area contributed by atoms with E-state index in [9.17, 15) is 20.1 Å². The second kappa shape index (κ2) is 6.53. The molecule has 2 saturated carbocycles. The smallest absolute Gasteiger partial charge is 0.336 e. The Morgan fingerprint density at radius 1 is 1.32 bits per heavy atom. The summed E-state index contributed by atoms with van der Waals surface area (Å²) in [5.74, 6) is -0.0734. The Balaban J connectivity index is 1.89. The van der Waals surface area contributed by atoms with Gasteiger partial charge >= 0.3 is 5.97 Å². The van der Waals surface area contributed by atoms with Crippen molar-refractivity contribution in [1.82, 2.24) is 0 Å². The number of aliphatic hydroxyl groups excluding tert-OH is 3. The standard InChI is InChI=1S/C20H30O5/c1-12-4-7-16-19(2,9-8-17(23)20(16,3)11-21)14(12)6-5-13-15(22)10-25-18(13)24/h5,14-17,21-23H,1,4,6-11H2,2-3H3/t14?,15?,16?,17?,19-,20+/m1/s1. The first-order valence-corrected chi connectivity index (χ1v) is 9.26. The molecule has 1 saturated heterocycles. The largest absolute Gasteiger partial charge is 0.459 e. The molecule has 0 aromatic heterocycles. The Morgan fingerprint density at radius 2 is 2.04 bits per heavy atom. The minimum atomic E-state index is -0.844. The summed E-state index contributed by atoms with van der Waals surface area (Å²) in [7, 11) is 0. The van der Waals surface area contributed by atoms with Crippen molar-refractivity contribution in [2.75, 3.05) is 13.2 Å². The molecule has 0 spiro atoms. The molecule has 140 valence electrons. The molecule has 0 aromatic rings. The molecule has 25 heavy (non-hydrogen) atoms. The van der Waals surface area contributed by atoms with Crippen LogP contribution >= 0.6 is 0 Å². The van der Waals surface area contributed by atoms with Crippen molar-refractivity contribution in [1.29, 1.82) is 0 Å². The van der Waals surface area contributed by atoms with Gasteiger partial charge in [-0.15, -0.1) is 0 Å². The normalized spacial score (nSPS) is 46.2. The summed E-state index contributed by atoms with van der Waals surface area (Å²) < 4.78 is 4.90. The maximum absolute atomic E-state index is 11.8. The number of rotatable bonds is 3.